The van der Waals surface area contributed by atoms with E-state index < -0.39 is 10.0 Å². The van der Waals surface area contributed by atoms with E-state index in [-0.39, 0.29) is 31.7 Å². The summed E-state index contributed by atoms with van der Waals surface area (Å²) in [5.74, 6) is 4.06. The summed E-state index contributed by atoms with van der Waals surface area (Å²) in [6.45, 7) is 8.23. The number of ether oxygens (including phenoxy) is 4. The summed E-state index contributed by atoms with van der Waals surface area (Å²) in [4.78, 5) is 41.2. The van der Waals surface area contributed by atoms with E-state index in [0.29, 0.717) is 83.7 Å². The van der Waals surface area contributed by atoms with Crippen molar-refractivity contribution in [3.63, 3.8) is 0 Å². The number of carbonyl (C=O) groups excluding carboxylic acids is 2. The van der Waals surface area contributed by atoms with Gasteiger partial charge in [0.05, 0.1) is 44.5 Å². The zero-order valence-corrected chi connectivity index (χ0v) is 45.2. The van der Waals surface area contributed by atoms with Crippen molar-refractivity contribution < 1.29 is 37.0 Å². The molecule has 9 heterocycles. The van der Waals surface area contributed by atoms with Gasteiger partial charge >= 0.3 is 6.09 Å². The van der Waals surface area contributed by atoms with Crippen LogP contribution in [0.3, 0.4) is 0 Å². The fourth-order valence-corrected chi connectivity index (χ4v) is 10.0. The summed E-state index contributed by atoms with van der Waals surface area (Å²) in [7, 11) is -3.31. The second-order valence-electron chi connectivity index (χ2n) is 18.8. The molecule has 3 aliphatic rings. The second kappa shape index (κ2) is 25.2. The highest BCUT2D eigenvalue weighted by atomic mass is 32.2. The molecule has 80 heavy (non-hydrogen) atoms. The molecule has 25 heteroatoms. The summed E-state index contributed by atoms with van der Waals surface area (Å²) < 4.78 is 53.3. The molecule has 0 unspecified atom stereocenters. The van der Waals surface area contributed by atoms with E-state index in [1.807, 2.05) is 134 Å². The minimum atomic E-state index is -3.31. The molecule has 9 aromatic rings. The van der Waals surface area contributed by atoms with Gasteiger partial charge in [0.2, 0.25) is 15.9 Å². The summed E-state index contributed by atoms with van der Waals surface area (Å²) in [6, 6.07) is 28.9. The molecule has 0 aliphatic carbocycles. The highest BCUT2D eigenvalue weighted by Gasteiger charge is 2.20. The van der Waals surface area contributed by atoms with Crippen molar-refractivity contribution >= 4 is 56.4 Å². The Kier molecular flexibility index (Phi) is 17.1. The van der Waals surface area contributed by atoms with Gasteiger partial charge in [-0.1, -0.05) is 36.4 Å². The number of aromatic nitrogens is 9. The number of carbonyl (C=O) groups is 2. The van der Waals surface area contributed by atoms with Crippen LogP contribution in [0.2, 0.25) is 0 Å². The van der Waals surface area contributed by atoms with E-state index in [0.717, 1.165) is 79.9 Å². The van der Waals surface area contributed by atoms with Crippen molar-refractivity contribution in [3.05, 3.63) is 128 Å². The molecule has 0 spiro atoms. The Labute approximate surface area is 461 Å². The Morgan fingerprint density at radius 1 is 0.588 bits per heavy atom. The fraction of sp³-hybridized carbons (Fsp3) is 0.309. The number of amides is 2. The van der Waals surface area contributed by atoms with E-state index in [4.69, 9.17) is 29.7 Å². The highest BCUT2D eigenvalue weighted by molar-refractivity contribution is 7.88. The van der Waals surface area contributed by atoms with Crippen LogP contribution in [0.1, 0.15) is 13.3 Å². The molecule has 12 rings (SSSR count). The van der Waals surface area contributed by atoms with Crippen LogP contribution in [0.5, 0.6) is 17.2 Å². The first-order valence-corrected chi connectivity index (χ1v) is 28.1. The Morgan fingerprint density at radius 3 is 1.50 bits per heavy atom. The molecule has 6 aromatic heterocycles. The third kappa shape index (κ3) is 13.6. The molecule has 0 radical (unpaired) electrons. The lowest BCUT2D eigenvalue weighted by Gasteiger charge is -2.22. The predicted octanol–water partition coefficient (Wildman–Crippen LogP) is 5.50. The van der Waals surface area contributed by atoms with Crippen molar-refractivity contribution in [2.24, 2.45) is 5.73 Å². The molecule has 3 aromatic carbocycles. The van der Waals surface area contributed by atoms with Gasteiger partial charge in [-0.3, -0.25) is 9.69 Å². The van der Waals surface area contributed by atoms with Crippen LogP contribution >= 0.6 is 0 Å². The lowest BCUT2D eigenvalue weighted by molar-refractivity contribution is -0.119. The average molecular weight is 1110 g/mol. The summed E-state index contributed by atoms with van der Waals surface area (Å²) in [5, 5.41) is 22.9. The maximum Gasteiger partial charge on any atom is 0.409 e. The third-order valence-corrected chi connectivity index (χ3v) is 14.4. The zero-order valence-electron chi connectivity index (χ0n) is 44.3. The molecule has 5 N–H and O–H groups in total. The van der Waals surface area contributed by atoms with E-state index in [9.17, 15) is 18.0 Å². The largest absolute Gasteiger partial charge is 0.492 e. The van der Waals surface area contributed by atoms with E-state index in [1.54, 1.807) is 24.6 Å². The summed E-state index contributed by atoms with van der Waals surface area (Å²) in [6.07, 6.45) is 12.7. The van der Waals surface area contributed by atoms with E-state index in [1.165, 1.54) is 10.6 Å². The van der Waals surface area contributed by atoms with Gasteiger partial charge in [-0.25, -0.2) is 41.7 Å². The number of anilines is 3. The smallest absolute Gasteiger partial charge is 0.409 e. The Bertz CT molecular complexity index is 3720. The van der Waals surface area contributed by atoms with Crippen LogP contribution in [0.15, 0.2) is 128 Å². The van der Waals surface area contributed by atoms with E-state index in [2.05, 4.69) is 41.2 Å². The van der Waals surface area contributed by atoms with Crippen LogP contribution < -0.4 is 35.9 Å². The lowest BCUT2D eigenvalue weighted by atomic mass is 10.1. The summed E-state index contributed by atoms with van der Waals surface area (Å²) in [5.41, 5.74) is 13.4. The molecule has 0 atom stereocenters. The molecular formula is C55H62N16O8S. The molecular weight excluding hydrogens is 1040 g/mol. The van der Waals surface area contributed by atoms with Crippen molar-refractivity contribution in [2.75, 3.05) is 114 Å². The third-order valence-electron chi connectivity index (χ3n) is 13.1. The van der Waals surface area contributed by atoms with Crippen LogP contribution in [0, 0.1) is 0 Å². The van der Waals surface area contributed by atoms with Crippen molar-refractivity contribution in [2.45, 2.75) is 13.3 Å². The van der Waals surface area contributed by atoms with Crippen LogP contribution in [-0.2, 0) is 19.6 Å². The molecule has 3 aliphatic heterocycles. The van der Waals surface area contributed by atoms with Gasteiger partial charge in [0, 0.05) is 87.6 Å². The van der Waals surface area contributed by atoms with Gasteiger partial charge in [0.15, 0.2) is 16.9 Å². The first-order chi connectivity index (χ1) is 38.9. The Morgan fingerprint density at radius 2 is 1.04 bits per heavy atom. The van der Waals surface area contributed by atoms with Gasteiger partial charge in [-0.15, -0.1) is 0 Å². The minimum Gasteiger partial charge on any atom is -0.492 e. The monoisotopic (exact) mass is 1110 g/mol. The molecule has 12 bridgehead atoms. The van der Waals surface area contributed by atoms with Crippen LogP contribution in [0.4, 0.5) is 22.2 Å². The number of nitrogens with zero attached hydrogens (tertiary/aromatic N) is 12. The van der Waals surface area contributed by atoms with Crippen molar-refractivity contribution in [1.29, 1.82) is 0 Å². The SMILES string of the molecule is CCOC(=O)N1CCCNc2ccn3ncc(c3n2)-c2cccc(c2)OCC1.CS(=O)(=O)N1CCNc2ccn3ncc(c3n2)-c2cccc(c2)OCC1.NC(=O)CN1CCNc2ccn3ncc(c3n2)-c2cccc(c2)OCC1. The molecule has 0 fully saturated rings. The Hall–Kier alpha value is -9.07. The molecule has 0 saturated heterocycles. The predicted molar refractivity (Wildman–Crippen MR) is 302 cm³/mol. The van der Waals surface area contributed by atoms with Gasteiger partial charge in [0.25, 0.3) is 0 Å². The quantitative estimate of drug-likeness (QED) is 0.169. The highest BCUT2D eigenvalue weighted by Crippen LogP contribution is 2.31. The normalized spacial score (nSPS) is 15.3. The number of nitrogens with one attached hydrogen (secondary N) is 3. The lowest BCUT2D eigenvalue weighted by Crippen LogP contribution is -2.39. The number of sulfonamides is 1. The summed E-state index contributed by atoms with van der Waals surface area (Å²) >= 11 is 0. The minimum absolute atomic E-state index is 0.199. The number of benzene rings is 3. The number of primary amides is 1. The molecule has 2 amide bonds. The van der Waals surface area contributed by atoms with Gasteiger partial charge in [-0.2, -0.15) is 19.6 Å². The van der Waals surface area contributed by atoms with Crippen LogP contribution in [0.25, 0.3) is 50.3 Å². The van der Waals surface area contributed by atoms with E-state index >= 15 is 0 Å². The topological polar surface area (TPSA) is 268 Å². The standard InChI is InChI=1S/C20H23N5O3.C18H20N6O2.C17H19N5O3S/c1-2-27-20(26)24-9-4-8-21-18-7-10-25-19(23-18)17(14-22-25)15-5-3-6-16(13-15)28-12-11-24;19-16(25)12-23-7-5-20-17-4-6-24-18(22-17)15(11-21-24)13-2-1-3-14(10-13)26-9-8-23;1-26(23,24)21-8-6-18-16-5-7-22-17(20-16)15(12-19-22)13-3-2-4-14(11-13)25-10-9-21/h3,5-7,10,13-14H,2,4,8-9,11-12H2,1H3,(H,21,23);1-4,6,10-11H,5,7-9,12H2,(H2,19,25)(H,20,22);2-5,7,11-12H,6,8-10H2,1H3,(H,18,20). The maximum absolute atomic E-state index is 12.2. The maximum atomic E-state index is 12.2. The van der Waals surface area contributed by atoms with Gasteiger partial charge < -0.3 is 45.5 Å². The van der Waals surface area contributed by atoms with Gasteiger partial charge in [-0.05, 0) is 84.6 Å². The molecule has 416 valence electrons. The van der Waals surface area contributed by atoms with Crippen molar-refractivity contribution in [1.82, 2.24) is 57.9 Å². The van der Waals surface area contributed by atoms with Crippen molar-refractivity contribution in [3.8, 4) is 50.6 Å². The first-order valence-electron chi connectivity index (χ1n) is 26.3. The average Bonchev–Trinajstić information content (AvgIpc) is 4.20. The molecule has 0 saturated carbocycles. The van der Waals surface area contributed by atoms with Gasteiger partial charge in [0.1, 0.15) is 54.5 Å². The number of fused-ring (bicyclic) bond motifs is 12. The number of hydrogen-bond donors (Lipinski definition) is 4. The van der Waals surface area contributed by atoms with Crippen LogP contribution in [-0.4, -0.2) is 176 Å². The fourth-order valence-electron chi connectivity index (χ4n) is 9.18. The first kappa shape index (κ1) is 54.3. The zero-order chi connectivity index (χ0) is 55.4. The number of rotatable bonds is 4. The second-order valence-corrected chi connectivity index (χ2v) is 20.8. The molecule has 24 nitrogen and oxygen atoms in total. The number of hydrogen-bond acceptors (Lipinski definition) is 18. The Balaban J connectivity index is 0.000000135. The number of nitrogens with two attached hydrogens (primary N) is 1.